The topological polar surface area (TPSA) is 62.2 Å². The van der Waals surface area contributed by atoms with Crippen LogP contribution in [-0.2, 0) is 4.79 Å². The molecule has 1 amide bonds. The molecule has 4 rings (SSSR count). The Kier molecular flexibility index (Phi) is 3.25. The van der Waals surface area contributed by atoms with Crippen LogP contribution in [0.25, 0.3) is 0 Å². The number of carbonyl (C=O) groups excluding carboxylic acids is 1. The summed E-state index contributed by atoms with van der Waals surface area (Å²) in [5.41, 5.74) is 0.918. The Labute approximate surface area is 135 Å². The lowest BCUT2D eigenvalue weighted by atomic mass is 9.86. The molecule has 0 radical (unpaired) electrons. The molecule has 6 nitrogen and oxygen atoms in total. The molecule has 0 bridgehead atoms. The van der Waals surface area contributed by atoms with Gasteiger partial charge in [0, 0.05) is 37.7 Å². The fraction of sp³-hybridized carbons (Fsp3) is 0.412. The van der Waals surface area contributed by atoms with E-state index in [-0.39, 0.29) is 11.3 Å². The summed E-state index contributed by atoms with van der Waals surface area (Å²) < 4.78 is 0. The first kappa shape index (κ1) is 14.1. The van der Waals surface area contributed by atoms with E-state index in [0.717, 1.165) is 43.4 Å². The van der Waals surface area contributed by atoms with Crippen LogP contribution < -0.4 is 9.80 Å². The zero-order valence-electron chi connectivity index (χ0n) is 13.1. The molecule has 4 heterocycles. The minimum atomic E-state index is 0.00116. The number of rotatable bonds is 2. The number of pyridine rings is 1. The first-order valence-corrected chi connectivity index (χ1v) is 7.92. The van der Waals surface area contributed by atoms with Crippen LogP contribution in [0, 0.1) is 12.3 Å². The molecule has 2 fully saturated rings. The summed E-state index contributed by atoms with van der Waals surface area (Å²) in [6, 6.07) is 9.67. The van der Waals surface area contributed by atoms with Gasteiger partial charge in [-0.3, -0.25) is 9.69 Å². The van der Waals surface area contributed by atoms with Crippen LogP contribution in [0.5, 0.6) is 0 Å². The summed E-state index contributed by atoms with van der Waals surface area (Å²) in [4.78, 5) is 20.8. The first-order valence-electron chi connectivity index (χ1n) is 7.92. The van der Waals surface area contributed by atoms with Crippen LogP contribution in [0.1, 0.15) is 18.5 Å². The minimum absolute atomic E-state index is 0.00116. The molecular weight excluding hydrogens is 290 g/mol. The molecule has 0 aliphatic carbocycles. The van der Waals surface area contributed by atoms with Gasteiger partial charge >= 0.3 is 0 Å². The molecule has 0 N–H and O–H groups in total. The lowest BCUT2D eigenvalue weighted by Gasteiger charge is -2.24. The van der Waals surface area contributed by atoms with E-state index in [9.17, 15) is 4.79 Å². The van der Waals surface area contributed by atoms with Crippen molar-refractivity contribution in [2.24, 2.45) is 5.41 Å². The van der Waals surface area contributed by atoms with E-state index in [4.69, 9.17) is 0 Å². The lowest BCUT2D eigenvalue weighted by Crippen LogP contribution is -2.32. The van der Waals surface area contributed by atoms with Gasteiger partial charge in [-0.15, -0.1) is 5.10 Å². The van der Waals surface area contributed by atoms with Crippen molar-refractivity contribution < 1.29 is 4.79 Å². The highest BCUT2D eigenvalue weighted by Crippen LogP contribution is 2.42. The van der Waals surface area contributed by atoms with Crippen molar-refractivity contribution in [3.8, 4) is 0 Å². The highest BCUT2D eigenvalue weighted by molar-refractivity contribution is 5.95. The number of aryl methyl sites for hydroxylation is 1. The van der Waals surface area contributed by atoms with E-state index in [1.807, 2.05) is 42.2 Å². The van der Waals surface area contributed by atoms with Gasteiger partial charge in [0.05, 0.1) is 5.69 Å². The Morgan fingerprint density at radius 1 is 1.09 bits per heavy atom. The summed E-state index contributed by atoms with van der Waals surface area (Å²) in [5, 5.41) is 8.41. The Hall–Kier alpha value is -2.50. The lowest BCUT2D eigenvalue weighted by molar-refractivity contribution is -0.117. The van der Waals surface area contributed by atoms with E-state index >= 15 is 0 Å². The Bertz CT molecular complexity index is 718. The number of hydrogen-bond acceptors (Lipinski definition) is 5. The molecule has 2 aromatic rings. The molecule has 1 unspecified atom stereocenters. The predicted octanol–water partition coefficient (Wildman–Crippen LogP) is 1.81. The van der Waals surface area contributed by atoms with E-state index < -0.39 is 0 Å². The fourth-order valence-corrected chi connectivity index (χ4v) is 3.58. The smallest absolute Gasteiger partial charge is 0.228 e. The van der Waals surface area contributed by atoms with Crippen molar-refractivity contribution >= 4 is 17.5 Å². The number of anilines is 2. The van der Waals surface area contributed by atoms with Gasteiger partial charge in [-0.2, -0.15) is 5.10 Å². The van der Waals surface area contributed by atoms with Crippen LogP contribution in [-0.4, -0.2) is 40.7 Å². The van der Waals surface area contributed by atoms with E-state index in [1.54, 1.807) is 6.20 Å². The van der Waals surface area contributed by atoms with Gasteiger partial charge in [-0.05, 0) is 37.6 Å². The number of aromatic nitrogens is 3. The predicted molar refractivity (Wildman–Crippen MR) is 87.2 cm³/mol. The van der Waals surface area contributed by atoms with Gasteiger partial charge < -0.3 is 4.90 Å². The zero-order valence-corrected chi connectivity index (χ0v) is 13.1. The maximum atomic E-state index is 12.5. The second-order valence-electron chi connectivity index (χ2n) is 6.55. The summed E-state index contributed by atoms with van der Waals surface area (Å²) in [6.45, 7) is 4.43. The van der Waals surface area contributed by atoms with Gasteiger partial charge in [0.25, 0.3) is 0 Å². The van der Waals surface area contributed by atoms with Gasteiger partial charge in [0.2, 0.25) is 5.91 Å². The zero-order chi connectivity index (χ0) is 15.9. The van der Waals surface area contributed by atoms with Gasteiger partial charge in [0.1, 0.15) is 5.82 Å². The summed E-state index contributed by atoms with van der Waals surface area (Å²) in [7, 11) is 0. The maximum Gasteiger partial charge on any atom is 0.228 e. The van der Waals surface area contributed by atoms with Crippen LogP contribution in [0.4, 0.5) is 11.6 Å². The molecule has 118 valence electrons. The summed E-state index contributed by atoms with van der Waals surface area (Å²) >= 11 is 0. The van der Waals surface area contributed by atoms with E-state index in [0.29, 0.717) is 6.42 Å². The Morgan fingerprint density at radius 3 is 2.74 bits per heavy atom. The Morgan fingerprint density at radius 2 is 2.00 bits per heavy atom. The molecule has 0 saturated carbocycles. The summed E-state index contributed by atoms with van der Waals surface area (Å²) in [5.74, 6) is 1.82. The molecule has 23 heavy (non-hydrogen) atoms. The fourth-order valence-electron chi connectivity index (χ4n) is 3.58. The molecule has 1 spiro atoms. The van der Waals surface area contributed by atoms with Gasteiger partial charge in [-0.25, -0.2) is 4.98 Å². The van der Waals surface area contributed by atoms with Crippen molar-refractivity contribution in [2.75, 3.05) is 29.4 Å². The SMILES string of the molecule is Cc1ccc(N2CCC3(CC(=O)N(c4ccccn4)C3)C2)nn1. The third-order valence-corrected chi connectivity index (χ3v) is 4.79. The van der Waals surface area contributed by atoms with Crippen molar-refractivity contribution in [3.05, 3.63) is 42.2 Å². The number of amides is 1. The molecule has 2 saturated heterocycles. The number of carbonyl (C=O) groups is 1. The second-order valence-corrected chi connectivity index (χ2v) is 6.55. The molecular formula is C17H19N5O. The maximum absolute atomic E-state index is 12.5. The van der Waals surface area contributed by atoms with Crippen molar-refractivity contribution in [2.45, 2.75) is 19.8 Å². The van der Waals surface area contributed by atoms with Crippen molar-refractivity contribution in [1.82, 2.24) is 15.2 Å². The summed E-state index contributed by atoms with van der Waals surface area (Å²) in [6.07, 6.45) is 3.31. The van der Waals surface area contributed by atoms with E-state index in [2.05, 4.69) is 20.1 Å². The Balaban J connectivity index is 1.52. The molecule has 2 aliphatic heterocycles. The van der Waals surface area contributed by atoms with Gasteiger partial charge in [0.15, 0.2) is 5.82 Å². The average molecular weight is 309 g/mol. The van der Waals surface area contributed by atoms with Crippen LogP contribution >= 0.6 is 0 Å². The van der Waals surface area contributed by atoms with Crippen molar-refractivity contribution in [3.63, 3.8) is 0 Å². The normalized spacial score (nSPS) is 24.0. The van der Waals surface area contributed by atoms with Crippen molar-refractivity contribution in [1.29, 1.82) is 0 Å². The van der Waals surface area contributed by atoms with Crippen LogP contribution in [0.3, 0.4) is 0 Å². The molecule has 1 atom stereocenters. The average Bonchev–Trinajstić information content (AvgIpc) is 3.12. The highest BCUT2D eigenvalue weighted by Gasteiger charge is 2.48. The quantitative estimate of drug-likeness (QED) is 0.846. The van der Waals surface area contributed by atoms with E-state index in [1.165, 1.54) is 0 Å². The molecule has 2 aromatic heterocycles. The highest BCUT2D eigenvalue weighted by atomic mass is 16.2. The molecule has 2 aliphatic rings. The first-order chi connectivity index (χ1) is 11.2. The van der Waals surface area contributed by atoms with Crippen LogP contribution in [0.15, 0.2) is 36.5 Å². The van der Waals surface area contributed by atoms with Crippen LogP contribution in [0.2, 0.25) is 0 Å². The standard InChI is InChI=1S/C17H19N5O/c1-13-5-6-15(20-19-13)21-9-7-17(11-21)10-16(23)22(12-17)14-4-2-3-8-18-14/h2-6,8H,7,9-12H2,1H3. The largest absolute Gasteiger partial charge is 0.354 e. The minimum Gasteiger partial charge on any atom is -0.354 e. The van der Waals surface area contributed by atoms with Gasteiger partial charge in [-0.1, -0.05) is 6.07 Å². The molecule has 0 aromatic carbocycles. The number of hydrogen-bond donors (Lipinski definition) is 0. The third kappa shape index (κ3) is 2.54. The number of nitrogens with zero attached hydrogens (tertiary/aromatic N) is 5. The monoisotopic (exact) mass is 309 g/mol. The molecule has 6 heteroatoms. The second kappa shape index (κ2) is 5.30. The third-order valence-electron chi connectivity index (χ3n) is 4.79.